The molecule has 0 saturated carbocycles. The lowest BCUT2D eigenvalue weighted by Gasteiger charge is -2.35. The summed E-state index contributed by atoms with van der Waals surface area (Å²) in [4.78, 5) is 1.47. The monoisotopic (exact) mass is 266 g/mol. The van der Waals surface area contributed by atoms with Gasteiger partial charge in [-0.05, 0) is 30.3 Å². The second-order valence-electron chi connectivity index (χ2n) is 6.07. The van der Waals surface area contributed by atoms with Gasteiger partial charge in [-0.25, -0.2) is 4.39 Å². The van der Waals surface area contributed by atoms with Gasteiger partial charge >= 0.3 is 0 Å². The summed E-state index contributed by atoms with van der Waals surface area (Å²) in [6.07, 6.45) is 1.70. The van der Waals surface area contributed by atoms with Crippen LogP contribution in [0.25, 0.3) is 10.9 Å². The van der Waals surface area contributed by atoms with Gasteiger partial charge in [-0.3, -0.25) is 0 Å². The van der Waals surface area contributed by atoms with E-state index in [2.05, 4.69) is 39.0 Å². The number of fused-ring (bicyclic) bond motifs is 1. The molecule has 0 N–H and O–H groups in total. The van der Waals surface area contributed by atoms with Crippen molar-refractivity contribution in [3.05, 3.63) is 30.2 Å². The molecule has 5 heteroatoms. The summed E-state index contributed by atoms with van der Waals surface area (Å²) in [5, 5.41) is 5.16. The Morgan fingerprint density at radius 3 is 2.56 bits per heavy atom. The van der Waals surface area contributed by atoms with E-state index in [-0.39, 0.29) is 10.9 Å². The summed E-state index contributed by atoms with van der Waals surface area (Å²) in [5.41, 5.74) is 0.680. The highest BCUT2D eigenvalue weighted by atomic mass is 28.4. The normalized spacial score (nSPS) is 13.0. The second kappa shape index (κ2) is 4.09. The number of halogens is 1. The maximum absolute atomic E-state index is 13.3. The van der Waals surface area contributed by atoms with E-state index in [0.717, 1.165) is 5.39 Å². The fraction of sp³-hybridized carbons (Fsp3) is 0.462. The first-order chi connectivity index (χ1) is 8.21. The average Bonchev–Trinajstić information content (AvgIpc) is 2.59. The molecule has 0 fully saturated rings. The van der Waals surface area contributed by atoms with E-state index >= 15 is 0 Å². The molecule has 2 rings (SSSR count). The first-order valence-corrected chi connectivity index (χ1v) is 8.94. The summed E-state index contributed by atoms with van der Waals surface area (Å²) in [7, 11) is -1.97. The highest BCUT2D eigenvalue weighted by molar-refractivity contribution is 6.74. The molecule has 98 valence electrons. The fourth-order valence-electron chi connectivity index (χ4n) is 1.39. The summed E-state index contributed by atoms with van der Waals surface area (Å²) in [5.74, 6) is -0.275. The number of benzene rings is 1. The quantitative estimate of drug-likeness (QED) is 0.776. The summed E-state index contributed by atoms with van der Waals surface area (Å²) < 4.78 is 19.3. The molecule has 1 aromatic carbocycles. The van der Waals surface area contributed by atoms with Crippen LogP contribution in [0.1, 0.15) is 20.8 Å². The third-order valence-electron chi connectivity index (χ3n) is 3.62. The van der Waals surface area contributed by atoms with E-state index in [1.54, 1.807) is 12.3 Å². The highest BCUT2D eigenvalue weighted by Crippen LogP contribution is 2.35. The molecule has 0 aliphatic carbocycles. The predicted octanol–water partition coefficient (Wildman–Crippen LogP) is 3.61. The molecule has 3 nitrogen and oxygen atoms in total. The van der Waals surface area contributed by atoms with Crippen LogP contribution in [0, 0.1) is 5.82 Å². The van der Waals surface area contributed by atoms with Crippen molar-refractivity contribution in [2.75, 3.05) is 0 Å². The van der Waals surface area contributed by atoms with Crippen molar-refractivity contribution < 1.29 is 8.92 Å². The van der Waals surface area contributed by atoms with Crippen molar-refractivity contribution in [1.29, 1.82) is 0 Å². The molecule has 0 atom stereocenters. The van der Waals surface area contributed by atoms with E-state index in [1.165, 1.54) is 17.0 Å². The van der Waals surface area contributed by atoms with Gasteiger partial charge in [0.1, 0.15) is 11.3 Å². The lowest BCUT2D eigenvalue weighted by molar-refractivity contribution is 0.223. The van der Waals surface area contributed by atoms with Crippen molar-refractivity contribution in [3.63, 3.8) is 0 Å². The van der Waals surface area contributed by atoms with Crippen molar-refractivity contribution in [2.24, 2.45) is 0 Å². The molecule has 0 aliphatic rings. The van der Waals surface area contributed by atoms with E-state index in [0.29, 0.717) is 5.52 Å². The molecular weight excluding hydrogens is 247 g/mol. The van der Waals surface area contributed by atoms with Crippen LogP contribution < -0.4 is 4.53 Å². The average molecular weight is 266 g/mol. The number of hydrogen-bond donors (Lipinski definition) is 0. The Morgan fingerprint density at radius 2 is 1.94 bits per heavy atom. The zero-order chi connectivity index (χ0) is 13.6. The minimum absolute atomic E-state index is 0.0819. The van der Waals surface area contributed by atoms with E-state index in [4.69, 9.17) is 4.53 Å². The Morgan fingerprint density at radius 1 is 1.28 bits per heavy atom. The van der Waals surface area contributed by atoms with Crippen molar-refractivity contribution in [3.8, 4) is 0 Å². The molecule has 2 aromatic rings. The fourth-order valence-corrected chi connectivity index (χ4v) is 2.25. The highest BCUT2D eigenvalue weighted by Gasteiger charge is 2.40. The molecule has 18 heavy (non-hydrogen) atoms. The van der Waals surface area contributed by atoms with Gasteiger partial charge in [0.15, 0.2) is 0 Å². The molecule has 1 heterocycles. The maximum Gasteiger partial charge on any atom is 0.286 e. The number of rotatable bonds is 2. The van der Waals surface area contributed by atoms with E-state index in [9.17, 15) is 4.39 Å². The first-order valence-electron chi connectivity index (χ1n) is 6.03. The predicted molar refractivity (Wildman–Crippen MR) is 73.5 cm³/mol. The van der Waals surface area contributed by atoms with Gasteiger partial charge in [0, 0.05) is 11.5 Å². The van der Waals surface area contributed by atoms with E-state index < -0.39 is 8.32 Å². The standard InChI is InChI=1S/C13H19FN2OSi/c1-13(2,3)18(4,5)17-16-12-8-11(14)7-6-10(12)9-15-16/h6-9H,1-5H3. The Labute approximate surface area is 108 Å². The van der Waals surface area contributed by atoms with Crippen molar-refractivity contribution in [1.82, 2.24) is 9.94 Å². The zero-order valence-electron chi connectivity index (χ0n) is 11.5. The molecule has 0 amide bonds. The second-order valence-corrected chi connectivity index (χ2v) is 10.8. The Balaban J connectivity index is 2.41. The zero-order valence-corrected chi connectivity index (χ0v) is 12.5. The van der Waals surface area contributed by atoms with E-state index in [1.807, 2.05) is 0 Å². The van der Waals surface area contributed by atoms with Crippen LogP contribution >= 0.6 is 0 Å². The largest absolute Gasteiger partial charge is 0.455 e. The van der Waals surface area contributed by atoms with Gasteiger partial charge in [-0.1, -0.05) is 20.8 Å². The third-order valence-corrected chi connectivity index (χ3v) is 7.86. The SMILES string of the molecule is CC(C)(C)[Si](C)(C)On1ncc2ccc(F)cc21. The topological polar surface area (TPSA) is 27.1 Å². The van der Waals surface area contributed by atoms with Crippen molar-refractivity contribution in [2.45, 2.75) is 38.9 Å². The lowest BCUT2D eigenvalue weighted by Crippen LogP contribution is -2.48. The minimum atomic E-state index is -1.97. The molecule has 0 saturated heterocycles. The smallest absolute Gasteiger partial charge is 0.286 e. The van der Waals surface area contributed by atoms with Crippen LogP contribution in [0.2, 0.25) is 18.1 Å². The minimum Gasteiger partial charge on any atom is -0.455 e. The van der Waals surface area contributed by atoms with Crippen LogP contribution in [0.4, 0.5) is 4.39 Å². The maximum atomic E-state index is 13.3. The van der Waals surface area contributed by atoms with Gasteiger partial charge in [-0.15, -0.1) is 9.94 Å². The first kappa shape index (κ1) is 13.1. The molecule has 1 aromatic heterocycles. The lowest BCUT2D eigenvalue weighted by atomic mass is 10.2. The van der Waals surface area contributed by atoms with Crippen LogP contribution in [0.3, 0.4) is 0 Å². The van der Waals surface area contributed by atoms with Crippen molar-refractivity contribution >= 4 is 19.2 Å². The van der Waals surface area contributed by atoms with Gasteiger partial charge in [0.25, 0.3) is 8.32 Å². The molecule has 0 bridgehead atoms. The third kappa shape index (κ3) is 2.27. The van der Waals surface area contributed by atoms with Gasteiger partial charge in [0.05, 0.1) is 6.20 Å². The number of aromatic nitrogens is 2. The Hall–Kier alpha value is -1.36. The van der Waals surface area contributed by atoms with Gasteiger partial charge in [0.2, 0.25) is 0 Å². The Bertz CT molecular complexity index is 572. The Kier molecular flexibility index (Phi) is 2.97. The van der Waals surface area contributed by atoms with Crippen LogP contribution in [0.5, 0.6) is 0 Å². The molecule has 0 spiro atoms. The molecular formula is C13H19FN2OSi. The number of nitrogens with zero attached hydrogens (tertiary/aromatic N) is 2. The number of hydrogen-bond acceptors (Lipinski definition) is 2. The van der Waals surface area contributed by atoms with Crippen LogP contribution in [-0.2, 0) is 0 Å². The van der Waals surface area contributed by atoms with Gasteiger partial charge < -0.3 is 4.53 Å². The summed E-state index contributed by atoms with van der Waals surface area (Å²) in [6.45, 7) is 10.8. The van der Waals surface area contributed by atoms with Crippen LogP contribution in [-0.4, -0.2) is 18.3 Å². The molecule has 0 aliphatic heterocycles. The molecule has 0 radical (unpaired) electrons. The summed E-state index contributed by atoms with van der Waals surface area (Å²) >= 11 is 0. The van der Waals surface area contributed by atoms with Crippen LogP contribution in [0.15, 0.2) is 24.4 Å². The van der Waals surface area contributed by atoms with Gasteiger partial charge in [-0.2, -0.15) is 0 Å². The molecule has 0 unspecified atom stereocenters. The summed E-state index contributed by atoms with van der Waals surface area (Å²) in [6, 6.07) is 4.60.